The van der Waals surface area contributed by atoms with Crippen LogP contribution in [-0.4, -0.2) is 23.0 Å². The van der Waals surface area contributed by atoms with E-state index in [0.29, 0.717) is 5.88 Å². The lowest BCUT2D eigenvalue weighted by Crippen LogP contribution is -2.43. The van der Waals surface area contributed by atoms with Crippen LogP contribution in [0.2, 0.25) is 0 Å². The van der Waals surface area contributed by atoms with E-state index in [-0.39, 0.29) is 18.1 Å². The highest BCUT2D eigenvalue weighted by atomic mass is 16.5. The third kappa shape index (κ3) is 5.00. The second kappa shape index (κ2) is 4.77. The Morgan fingerprint density at radius 1 is 1.47 bits per heavy atom. The summed E-state index contributed by atoms with van der Waals surface area (Å²) in [6.45, 7) is 5.76. The zero-order valence-electron chi connectivity index (χ0n) is 9.28. The lowest BCUT2D eigenvalue weighted by Gasteiger charge is -2.20. The molecule has 0 radical (unpaired) electrons. The van der Waals surface area contributed by atoms with Gasteiger partial charge in [0.25, 0.3) is 5.91 Å². The molecule has 0 spiro atoms. The van der Waals surface area contributed by atoms with Crippen molar-refractivity contribution in [1.29, 1.82) is 0 Å². The normalized spacial score (nSPS) is 10.9. The minimum atomic E-state index is -0.232. The van der Waals surface area contributed by atoms with E-state index in [0.717, 1.165) is 0 Å². The van der Waals surface area contributed by atoms with Gasteiger partial charge < -0.3 is 10.1 Å². The summed E-state index contributed by atoms with van der Waals surface area (Å²) in [6.07, 6.45) is 1.62. The van der Waals surface area contributed by atoms with Crippen LogP contribution < -0.4 is 10.1 Å². The molecule has 1 amide bonds. The number of hydrogen-bond donors (Lipinski definition) is 1. The molecule has 1 rings (SSSR count). The molecule has 0 aliphatic carbocycles. The maximum absolute atomic E-state index is 11.4. The number of ether oxygens (including phenoxy) is 1. The molecule has 1 aromatic heterocycles. The molecule has 0 saturated heterocycles. The molecular formula is C11H16N2O2. The Balaban J connectivity index is 2.35. The molecule has 0 aromatic carbocycles. The maximum atomic E-state index is 11.4. The molecule has 1 N–H and O–H groups in total. The van der Waals surface area contributed by atoms with Crippen LogP contribution in [0.3, 0.4) is 0 Å². The van der Waals surface area contributed by atoms with E-state index in [9.17, 15) is 4.79 Å². The fourth-order valence-electron chi connectivity index (χ4n) is 1.03. The van der Waals surface area contributed by atoms with E-state index in [4.69, 9.17) is 4.74 Å². The van der Waals surface area contributed by atoms with Crippen LogP contribution in [0.5, 0.6) is 5.88 Å². The molecule has 0 bridgehead atoms. The summed E-state index contributed by atoms with van der Waals surface area (Å²) < 4.78 is 5.19. The number of nitrogens with zero attached hydrogens (tertiary/aromatic N) is 1. The van der Waals surface area contributed by atoms with Gasteiger partial charge in [-0.25, -0.2) is 4.98 Å². The van der Waals surface area contributed by atoms with Crippen molar-refractivity contribution >= 4 is 5.91 Å². The van der Waals surface area contributed by atoms with Gasteiger partial charge in [0.05, 0.1) is 0 Å². The molecule has 1 heterocycles. The first-order valence-corrected chi connectivity index (χ1v) is 4.82. The van der Waals surface area contributed by atoms with Crippen molar-refractivity contribution in [3.05, 3.63) is 24.4 Å². The quantitative estimate of drug-likeness (QED) is 0.816. The van der Waals surface area contributed by atoms with Crippen molar-refractivity contribution in [2.45, 2.75) is 26.3 Å². The van der Waals surface area contributed by atoms with Gasteiger partial charge >= 0.3 is 0 Å². The minimum absolute atomic E-state index is 0.00567. The average molecular weight is 208 g/mol. The van der Waals surface area contributed by atoms with E-state index < -0.39 is 0 Å². The summed E-state index contributed by atoms with van der Waals surface area (Å²) >= 11 is 0. The van der Waals surface area contributed by atoms with Gasteiger partial charge in [0.1, 0.15) is 0 Å². The zero-order chi connectivity index (χ0) is 11.3. The highest BCUT2D eigenvalue weighted by Crippen LogP contribution is 2.03. The first kappa shape index (κ1) is 11.5. The van der Waals surface area contributed by atoms with E-state index in [1.807, 2.05) is 26.8 Å². The van der Waals surface area contributed by atoms with E-state index in [1.54, 1.807) is 18.3 Å². The lowest BCUT2D eigenvalue weighted by molar-refractivity contribution is -0.124. The maximum Gasteiger partial charge on any atom is 0.258 e. The van der Waals surface area contributed by atoms with E-state index >= 15 is 0 Å². The fraction of sp³-hybridized carbons (Fsp3) is 0.455. The molecule has 4 nitrogen and oxygen atoms in total. The number of nitrogens with one attached hydrogen (secondary N) is 1. The third-order valence-electron chi connectivity index (χ3n) is 1.50. The van der Waals surface area contributed by atoms with Crippen LogP contribution >= 0.6 is 0 Å². The van der Waals surface area contributed by atoms with Crippen LogP contribution in [0.25, 0.3) is 0 Å². The predicted octanol–water partition coefficient (Wildman–Crippen LogP) is 1.38. The van der Waals surface area contributed by atoms with Gasteiger partial charge in [0.15, 0.2) is 6.61 Å². The Morgan fingerprint density at radius 3 is 2.73 bits per heavy atom. The summed E-state index contributed by atoms with van der Waals surface area (Å²) in [4.78, 5) is 15.3. The van der Waals surface area contributed by atoms with Crippen LogP contribution in [-0.2, 0) is 4.79 Å². The van der Waals surface area contributed by atoms with Gasteiger partial charge in [-0.3, -0.25) is 4.79 Å². The molecular weight excluding hydrogens is 192 g/mol. The molecule has 4 heteroatoms. The third-order valence-corrected chi connectivity index (χ3v) is 1.50. The highest BCUT2D eigenvalue weighted by molar-refractivity contribution is 5.78. The molecule has 15 heavy (non-hydrogen) atoms. The van der Waals surface area contributed by atoms with Crippen LogP contribution in [0, 0.1) is 0 Å². The van der Waals surface area contributed by atoms with E-state index in [1.165, 1.54) is 0 Å². The van der Waals surface area contributed by atoms with Gasteiger partial charge in [-0.15, -0.1) is 0 Å². The van der Waals surface area contributed by atoms with Crippen LogP contribution in [0.15, 0.2) is 24.4 Å². The molecule has 0 fully saturated rings. The molecule has 82 valence electrons. The molecule has 1 aromatic rings. The Labute approximate surface area is 89.7 Å². The standard InChI is InChI=1S/C11H16N2O2/c1-11(2,3)13-9(14)8-15-10-6-4-5-7-12-10/h4-7H,8H2,1-3H3,(H,13,14). The van der Waals surface area contributed by atoms with Gasteiger partial charge in [-0.05, 0) is 26.8 Å². The first-order valence-electron chi connectivity index (χ1n) is 4.82. The minimum Gasteiger partial charge on any atom is -0.468 e. The summed E-state index contributed by atoms with van der Waals surface area (Å²) in [6, 6.07) is 5.32. The number of hydrogen-bond acceptors (Lipinski definition) is 3. The number of rotatable bonds is 3. The van der Waals surface area contributed by atoms with Gasteiger partial charge in [0, 0.05) is 17.8 Å². The summed E-state index contributed by atoms with van der Waals surface area (Å²) in [5.74, 6) is 0.315. The van der Waals surface area contributed by atoms with Crippen molar-refractivity contribution < 1.29 is 9.53 Å². The number of aromatic nitrogens is 1. The van der Waals surface area contributed by atoms with Crippen molar-refractivity contribution in [3.8, 4) is 5.88 Å². The van der Waals surface area contributed by atoms with Gasteiger partial charge in [-0.1, -0.05) is 6.07 Å². The Morgan fingerprint density at radius 2 is 2.20 bits per heavy atom. The van der Waals surface area contributed by atoms with Crippen molar-refractivity contribution in [2.24, 2.45) is 0 Å². The highest BCUT2D eigenvalue weighted by Gasteiger charge is 2.13. The molecule has 0 aliphatic heterocycles. The Hall–Kier alpha value is -1.58. The van der Waals surface area contributed by atoms with Gasteiger partial charge in [-0.2, -0.15) is 0 Å². The molecule has 0 aliphatic rings. The lowest BCUT2D eigenvalue weighted by atomic mass is 10.1. The van der Waals surface area contributed by atoms with Gasteiger partial charge in [0.2, 0.25) is 5.88 Å². The molecule has 0 unspecified atom stereocenters. The fourth-order valence-corrected chi connectivity index (χ4v) is 1.03. The van der Waals surface area contributed by atoms with Crippen molar-refractivity contribution in [1.82, 2.24) is 10.3 Å². The van der Waals surface area contributed by atoms with Crippen molar-refractivity contribution in [3.63, 3.8) is 0 Å². The zero-order valence-corrected chi connectivity index (χ0v) is 9.28. The topological polar surface area (TPSA) is 51.2 Å². The largest absolute Gasteiger partial charge is 0.468 e. The molecule has 0 atom stereocenters. The van der Waals surface area contributed by atoms with E-state index in [2.05, 4.69) is 10.3 Å². The number of pyridine rings is 1. The second-order valence-electron chi connectivity index (χ2n) is 4.25. The SMILES string of the molecule is CC(C)(C)NC(=O)COc1ccccn1. The smallest absolute Gasteiger partial charge is 0.258 e. The average Bonchev–Trinajstić information content (AvgIpc) is 2.14. The van der Waals surface area contributed by atoms with Crippen LogP contribution in [0.1, 0.15) is 20.8 Å². The summed E-state index contributed by atoms with van der Waals surface area (Å²) in [5, 5.41) is 2.80. The monoisotopic (exact) mass is 208 g/mol. The van der Waals surface area contributed by atoms with Crippen molar-refractivity contribution in [2.75, 3.05) is 6.61 Å². The first-order chi connectivity index (χ1) is 6.97. The van der Waals surface area contributed by atoms with Crippen LogP contribution in [0.4, 0.5) is 0 Å². The number of amides is 1. The Kier molecular flexibility index (Phi) is 3.66. The number of carbonyl (C=O) groups excluding carboxylic acids is 1. The second-order valence-corrected chi connectivity index (χ2v) is 4.25. The Bertz CT molecular complexity index is 317. The summed E-state index contributed by atoms with van der Waals surface area (Å²) in [5.41, 5.74) is -0.232. The molecule has 0 saturated carbocycles. The number of carbonyl (C=O) groups is 1. The summed E-state index contributed by atoms with van der Waals surface area (Å²) in [7, 11) is 0. The predicted molar refractivity (Wildman–Crippen MR) is 57.6 cm³/mol.